The molecule has 1 aromatic rings. The summed E-state index contributed by atoms with van der Waals surface area (Å²) in [6, 6.07) is 5.26. The van der Waals surface area contributed by atoms with E-state index in [1.54, 1.807) is 0 Å². The third-order valence-electron chi connectivity index (χ3n) is 1.22. The molecular formula is C7H6FNO3S. The molecule has 4 nitrogen and oxygen atoms in total. The summed E-state index contributed by atoms with van der Waals surface area (Å²) in [6.45, 7) is 0. The summed E-state index contributed by atoms with van der Waals surface area (Å²) in [6.07, 6.45) is 0.608. The maximum absolute atomic E-state index is 12.2. The summed E-state index contributed by atoms with van der Waals surface area (Å²) in [5, 5.41) is 0. The maximum Gasteiger partial charge on any atom is 0.374 e. The minimum absolute atomic E-state index is 0.0481. The highest BCUT2D eigenvalue weighted by molar-refractivity contribution is 7.82. The molecule has 0 radical (unpaired) electrons. The Hall–Kier alpha value is -1.43. The quantitative estimate of drug-likeness (QED) is 0.600. The van der Waals surface area contributed by atoms with E-state index < -0.39 is 10.4 Å². The van der Waals surface area contributed by atoms with Gasteiger partial charge in [0.05, 0.1) is 0 Å². The van der Waals surface area contributed by atoms with E-state index in [0.29, 0.717) is 11.8 Å². The van der Waals surface area contributed by atoms with Crippen molar-refractivity contribution in [3.8, 4) is 5.75 Å². The Balaban J connectivity index is 2.87. The molecule has 0 aliphatic heterocycles. The molecule has 0 heterocycles. The number of halogens is 1. The molecule has 1 aromatic carbocycles. The zero-order valence-corrected chi connectivity index (χ0v) is 7.21. The molecule has 6 heteroatoms. The fourth-order valence-electron chi connectivity index (χ4n) is 0.726. The number of benzene rings is 1. The van der Waals surface area contributed by atoms with E-state index in [1.807, 2.05) is 0 Å². The average molecular weight is 203 g/mol. The molecule has 1 rings (SSSR count). The van der Waals surface area contributed by atoms with Gasteiger partial charge in [-0.1, -0.05) is 3.89 Å². The average Bonchev–Trinajstić information content (AvgIpc) is 2.03. The van der Waals surface area contributed by atoms with Gasteiger partial charge < -0.3 is 4.18 Å². The first-order chi connectivity index (χ1) is 6.01. The van der Waals surface area contributed by atoms with E-state index in [-0.39, 0.29) is 5.75 Å². The summed E-state index contributed by atoms with van der Waals surface area (Å²) >= 11 is 0. The lowest BCUT2D eigenvalue weighted by Crippen LogP contribution is -1.98. The number of aldehydes is 1. The van der Waals surface area contributed by atoms with Gasteiger partial charge in [-0.15, -0.1) is 0 Å². The number of nitrogens with one attached hydrogen (secondary N) is 1. The van der Waals surface area contributed by atoms with Gasteiger partial charge in [-0.05, 0) is 24.3 Å². The van der Waals surface area contributed by atoms with Gasteiger partial charge in [0.15, 0.2) is 0 Å². The fraction of sp³-hybridized carbons (Fsp3) is 0. The highest BCUT2D eigenvalue weighted by Gasteiger charge is 2.04. The van der Waals surface area contributed by atoms with Crippen molar-refractivity contribution in [1.29, 1.82) is 4.78 Å². The topological polar surface area (TPSA) is 67.2 Å². The SMILES string of the molecule is N=S(=O)(F)Oc1ccc(C=O)cc1. The minimum atomic E-state index is -4.49. The van der Waals surface area contributed by atoms with E-state index in [4.69, 9.17) is 4.78 Å². The van der Waals surface area contributed by atoms with Gasteiger partial charge in [-0.25, -0.2) is 0 Å². The number of carbonyl (C=O) groups excluding carboxylic acids is 1. The van der Waals surface area contributed by atoms with Crippen LogP contribution in [0.5, 0.6) is 5.75 Å². The Kier molecular flexibility index (Phi) is 2.62. The third kappa shape index (κ3) is 3.20. The first kappa shape index (κ1) is 9.66. The van der Waals surface area contributed by atoms with Crippen LogP contribution in [0.3, 0.4) is 0 Å². The van der Waals surface area contributed by atoms with Crippen LogP contribution in [0.15, 0.2) is 24.3 Å². The van der Waals surface area contributed by atoms with Crippen molar-refractivity contribution >= 4 is 16.7 Å². The molecule has 0 saturated heterocycles. The lowest BCUT2D eigenvalue weighted by Gasteiger charge is -2.00. The first-order valence-corrected chi connectivity index (χ1v) is 4.63. The van der Waals surface area contributed by atoms with E-state index in [9.17, 15) is 12.9 Å². The van der Waals surface area contributed by atoms with Crippen LogP contribution in [-0.2, 0) is 10.4 Å². The van der Waals surface area contributed by atoms with Crippen molar-refractivity contribution in [2.75, 3.05) is 0 Å². The van der Waals surface area contributed by atoms with Crippen molar-refractivity contribution < 1.29 is 17.1 Å². The second kappa shape index (κ2) is 3.53. The Labute approximate surface area is 74.8 Å². The molecule has 0 saturated carbocycles. The van der Waals surface area contributed by atoms with Crippen LogP contribution in [0.2, 0.25) is 0 Å². The molecule has 70 valence electrons. The largest absolute Gasteiger partial charge is 0.374 e. The summed E-state index contributed by atoms with van der Waals surface area (Å²) in [5.41, 5.74) is 0.391. The van der Waals surface area contributed by atoms with Crippen LogP contribution in [0.1, 0.15) is 10.4 Å². The molecule has 0 aliphatic carbocycles. The molecule has 1 N–H and O–H groups in total. The van der Waals surface area contributed by atoms with Gasteiger partial charge in [0.1, 0.15) is 12.0 Å². The maximum atomic E-state index is 12.2. The van der Waals surface area contributed by atoms with E-state index in [0.717, 1.165) is 0 Å². The highest BCUT2D eigenvalue weighted by atomic mass is 32.3. The number of rotatable bonds is 3. The number of hydrogen-bond donors (Lipinski definition) is 1. The van der Waals surface area contributed by atoms with E-state index in [1.165, 1.54) is 24.3 Å². The van der Waals surface area contributed by atoms with Gasteiger partial charge in [-0.3, -0.25) is 4.79 Å². The standard InChI is InChI=1S/C7H6FNO3S/c8-13(9,11)12-7-3-1-6(5-10)2-4-7/h1-5,9H. The molecule has 0 aliphatic rings. The zero-order chi connectivity index (χ0) is 9.90. The molecule has 0 bridgehead atoms. The van der Waals surface area contributed by atoms with Crippen LogP contribution in [0.25, 0.3) is 0 Å². The molecular weight excluding hydrogens is 197 g/mol. The van der Waals surface area contributed by atoms with Crippen molar-refractivity contribution in [2.24, 2.45) is 0 Å². The van der Waals surface area contributed by atoms with Crippen LogP contribution < -0.4 is 4.18 Å². The smallest absolute Gasteiger partial charge is 0.373 e. The monoisotopic (exact) mass is 203 g/mol. The fourth-order valence-corrected chi connectivity index (χ4v) is 1.08. The van der Waals surface area contributed by atoms with Crippen molar-refractivity contribution in [3.05, 3.63) is 29.8 Å². The number of hydrogen-bond acceptors (Lipinski definition) is 4. The van der Waals surface area contributed by atoms with Crippen LogP contribution in [0, 0.1) is 4.78 Å². The van der Waals surface area contributed by atoms with Crippen molar-refractivity contribution in [1.82, 2.24) is 0 Å². The normalized spacial score (nSPS) is 14.5. The first-order valence-electron chi connectivity index (χ1n) is 3.24. The molecule has 0 amide bonds. The lowest BCUT2D eigenvalue weighted by molar-refractivity contribution is 0.112. The van der Waals surface area contributed by atoms with Gasteiger partial charge in [0, 0.05) is 5.56 Å². The number of carbonyl (C=O) groups is 1. The van der Waals surface area contributed by atoms with Crippen molar-refractivity contribution in [3.63, 3.8) is 0 Å². The Bertz CT molecular complexity index is 398. The second-order valence-electron chi connectivity index (χ2n) is 2.21. The Morgan fingerprint density at radius 3 is 2.31 bits per heavy atom. The minimum Gasteiger partial charge on any atom is -0.373 e. The summed E-state index contributed by atoms with van der Waals surface area (Å²) in [5.74, 6) is -0.0481. The van der Waals surface area contributed by atoms with E-state index in [2.05, 4.69) is 4.18 Å². The van der Waals surface area contributed by atoms with Gasteiger partial charge in [0.25, 0.3) is 0 Å². The van der Waals surface area contributed by atoms with E-state index >= 15 is 0 Å². The highest BCUT2D eigenvalue weighted by Crippen LogP contribution is 2.14. The molecule has 1 unspecified atom stereocenters. The summed E-state index contributed by atoms with van der Waals surface area (Å²) in [4.78, 5) is 10.2. The summed E-state index contributed by atoms with van der Waals surface area (Å²) < 4.78 is 32.8. The Morgan fingerprint density at radius 1 is 1.38 bits per heavy atom. The van der Waals surface area contributed by atoms with Crippen molar-refractivity contribution in [2.45, 2.75) is 0 Å². The molecule has 0 spiro atoms. The zero-order valence-electron chi connectivity index (χ0n) is 6.40. The van der Waals surface area contributed by atoms with Gasteiger partial charge in [0.2, 0.25) is 0 Å². The molecule has 1 atom stereocenters. The van der Waals surface area contributed by atoms with Gasteiger partial charge in [-0.2, -0.15) is 8.99 Å². The Morgan fingerprint density at radius 2 is 1.92 bits per heavy atom. The second-order valence-corrected chi connectivity index (χ2v) is 3.25. The molecule has 13 heavy (non-hydrogen) atoms. The van der Waals surface area contributed by atoms with Crippen LogP contribution in [0.4, 0.5) is 3.89 Å². The van der Waals surface area contributed by atoms with Crippen LogP contribution >= 0.6 is 0 Å². The van der Waals surface area contributed by atoms with Gasteiger partial charge >= 0.3 is 10.4 Å². The predicted molar refractivity (Wildman–Crippen MR) is 44.4 cm³/mol. The molecule has 0 fully saturated rings. The predicted octanol–water partition coefficient (Wildman–Crippen LogP) is 1.72. The molecule has 0 aromatic heterocycles. The third-order valence-corrected chi connectivity index (χ3v) is 1.63. The lowest BCUT2D eigenvalue weighted by atomic mass is 10.2. The summed E-state index contributed by atoms with van der Waals surface area (Å²) in [7, 11) is -4.49. The van der Waals surface area contributed by atoms with Crippen LogP contribution in [-0.4, -0.2) is 10.5 Å².